The van der Waals surface area contributed by atoms with Crippen LogP contribution in [0.1, 0.15) is 71.1 Å². The van der Waals surface area contributed by atoms with Crippen LogP contribution in [0.3, 0.4) is 0 Å². The third-order valence-electron chi connectivity index (χ3n) is 4.72. The second-order valence-electron chi connectivity index (χ2n) is 6.20. The number of nitrogens with one attached hydrogen (secondary N) is 1. The summed E-state index contributed by atoms with van der Waals surface area (Å²) in [5, 5.41) is 3.81. The maximum atomic E-state index is 3.81. The predicted molar refractivity (Wildman–Crippen MR) is 70.6 cm³/mol. The van der Waals surface area contributed by atoms with E-state index in [1.54, 1.807) is 0 Å². The van der Waals surface area contributed by atoms with Crippen LogP contribution in [-0.4, -0.2) is 12.6 Å². The minimum atomic E-state index is 0.839. The summed E-state index contributed by atoms with van der Waals surface area (Å²) >= 11 is 0. The summed E-state index contributed by atoms with van der Waals surface area (Å²) in [5.74, 6) is 2.03. The highest BCUT2D eigenvalue weighted by Crippen LogP contribution is 2.27. The van der Waals surface area contributed by atoms with Gasteiger partial charge in [-0.25, -0.2) is 0 Å². The Morgan fingerprint density at radius 2 is 1.69 bits per heavy atom. The van der Waals surface area contributed by atoms with Gasteiger partial charge in [0.2, 0.25) is 0 Å². The Labute approximate surface area is 101 Å². The van der Waals surface area contributed by atoms with Gasteiger partial charge < -0.3 is 5.32 Å². The van der Waals surface area contributed by atoms with E-state index >= 15 is 0 Å². The van der Waals surface area contributed by atoms with Crippen LogP contribution in [0.15, 0.2) is 0 Å². The van der Waals surface area contributed by atoms with Gasteiger partial charge in [0.15, 0.2) is 0 Å². The Bertz CT molecular complexity index is 184. The molecule has 16 heavy (non-hydrogen) atoms. The minimum Gasteiger partial charge on any atom is -0.314 e. The van der Waals surface area contributed by atoms with E-state index < -0.39 is 0 Å². The highest BCUT2D eigenvalue weighted by molar-refractivity contribution is 4.75. The molecule has 1 N–H and O–H groups in total. The summed E-state index contributed by atoms with van der Waals surface area (Å²) in [7, 11) is 0. The largest absolute Gasteiger partial charge is 0.314 e. The van der Waals surface area contributed by atoms with Crippen molar-refractivity contribution >= 4 is 0 Å². The monoisotopic (exact) mass is 223 g/mol. The molecule has 2 unspecified atom stereocenters. The van der Waals surface area contributed by atoms with Gasteiger partial charge in [0.25, 0.3) is 0 Å². The number of hydrogen-bond acceptors (Lipinski definition) is 1. The molecule has 0 amide bonds. The lowest BCUT2D eigenvalue weighted by molar-refractivity contribution is 0.409. The average molecular weight is 223 g/mol. The molecule has 2 aliphatic carbocycles. The summed E-state index contributed by atoms with van der Waals surface area (Å²) < 4.78 is 0. The topological polar surface area (TPSA) is 12.0 Å². The van der Waals surface area contributed by atoms with E-state index in [4.69, 9.17) is 0 Å². The molecule has 0 aliphatic heterocycles. The second kappa shape index (κ2) is 6.64. The summed E-state index contributed by atoms with van der Waals surface area (Å²) in [6.07, 6.45) is 14.6. The molecule has 0 aromatic carbocycles. The summed E-state index contributed by atoms with van der Waals surface area (Å²) in [6.45, 7) is 3.70. The van der Waals surface area contributed by atoms with Gasteiger partial charge in [0.1, 0.15) is 0 Å². The van der Waals surface area contributed by atoms with Crippen LogP contribution in [0.2, 0.25) is 0 Å². The van der Waals surface area contributed by atoms with E-state index in [9.17, 15) is 0 Å². The van der Waals surface area contributed by atoms with Crippen molar-refractivity contribution in [3.8, 4) is 0 Å². The van der Waals surface area contributed by atoms with Crippen molar-refractivity contribution in [1.29, 1.82) is 0 Å². The van der Waals surface area contributed by atoms with Crippen LogP contribution in [0.5, 0.6) is 0 Å². The number of rotatable bonds is 4. The molecule has 0 radical (unpaired) electrons. The van der Waals surface area contributed by atoms with E-state index in [1.165, 1.54) is 70.8 Å². The van der Waals surface area contributed by atoms with E-state index in [2.05, 4.69) is 12.2 Å². The molecule has 2 aliphatic rings. The first-order chi connectivity index (χ1) is 7.84. The van der Waals surface area contributed by atoms with E-state index in [-0.39, 0.29) is 0 Å². The van der Waals surface area contributed by atoms with Crippen molar-refractivity contribution in [2.75, 3.05) is 6.54 Å². The standard InChI is InChI=1S/C15H29N/c1-13-5-4-8-15(10-9-13)16-12-11-14-6-2-3-7-14/h13-16H,2-12H2,1H3. The number of hydrogen-bond donors (Lipinski definition) is 1. The highest BCUT2D eigenvalue weighted by Gasteiger charge is 2.17. The van der Waals surface area contributed by atoms with Gasteiger partial charge in [-0.3, -0.25) is 0 Å². The van der Waals surface area contributed by atoms with Crippen LogP contribution in [0.25, 0.3) is 0 Å². The average Bonchev–Trinajstić information content (AvgIpc) is 2.70. The van der Waals surface area contributed by atoms with Crippen molar-refractivity contribution in [3.05, 3.63) is 0 Å². The zero-order valence-electron chi connectivity index (χ0n) is 11.0. The molecule has 2 saturated carbocycles. The maximum absolute atomic E-state index is 3.81. The first-order valence-corrected chi connectivity index (χ1v) is 7.58. The molecule has 0 bridgehead atoms. The van der Waals surface area contributed by atoms with Gasteiger partial charge in [-0.1, -0.05) is 45.4 Å². The summed E-state index contributed by atoms with van der Waals surface area (Å²) in [4.78, 5) is 0. The van der Waals surface area contributed by atoms with Crippen LogP contribution < -0.4 is 5.32 Å². The minimum absolute atomic E-state index is 0.839. The Morgan fingerprint density at radius 3 is 2.50 bits per heavy atom. The van der Waals surface area contributed by atoms with Crippen LogP contribution in [-0.2, 0) is 0 Å². The smallest absolute Gasteiger partial charge is 0.00671 e. The summed E-state index contributed by atoms with van der Waals surface area (Å²) in [6, 6.07) is 0.839. The normalized spacial score (nSPS) is 32.8. The quantitative estimate of drug-likeness (QED) is 0.707. The molecule has 0 aromatic heterocycles. The van der Waals surface area contributed by atoms with Crippen molar-refractivity contribution in [2.45, 2.75) is 77.2 Å². The van der Waals surface area contributed by atoms with E-state index in [0.717, 1.165) is 17.9 Å². The SMILES string of the molecule is CC1CCCC(NCCC2CCCC2)CC1. The third kappa shape index (κ3) is 4.08. The molecule has 0 heterocycles. The molecule has 0 spiro atoms. The van der Waals surface area contributed by atoms with Gasteiger partial charge in [-0.15, -0.1) is 0 Å². The molecular weight excluding hydrogens is 194 g/mol. The van der Waals surface area contributed by atoms with Gasteiger partial charge in [-0.2, -0.15) is 0 Å². The molecule has 1 heteroatoms. The Kier molecular flexibility index (Phi) is 5.15. The van der Waals surface area contributed by atoms with Crippen LogP contribution in [0.4, 0.5) is 0 Å². The van der Waals surface area contributed by atoms with Crippen molar-refractivity contribution in [2.24, 2.45) is 11.8 Å². The van der Waals surface area contributed by atoms with Crippen molar-refractivity contribution < 1.29 is 0 Å². The molecule has 0 saturated heterocycles. The van der Waals surface area contributed by atoms with Gasteiger partial charge in [0.05, 0.1) is 0 Å². The summed E-state index contributed by atoms with van der Waals surface area (Å²) in [5.41, 5.74) is 0. The third-order valence-corrected chi connectivity index (χ3v) is 4.72. The predicted octanol–water partition coefficient (Wildman–Crippen LogP) is 4.13. The molecule has 2 fully saturated rings. The molecule has 94 valence electrons. The lowest BCUT2D eigenvalue weighted by atomic mass is 10.0. The lowest BCUT2D eigenvalue weighted by Crippen LogP contribution is -2.30. The Morgan fingerprint density at radius 1 is 0.875 bits per heavy atom. The first-order valence-electron chi connectivity index (χ1n) is 7.58. The van der Waals surface area contributed by atoms with Crippen molar-refractivity contribution in [3.63, 3.8) is 0 Å². The Balaban J connectivity index is 1.57. The first kappa shape index (κ1) is 12.4. The maximum Gasteiger partial charge on any atom is 0.00671 e. The van der Waals surface area contributed by atoms with Gasteiger partial charge in [0, 0.05) is 6.04 Å². The fourth-order valence-corrected chi connectivity index (χ4v) is 3.48. The zero-order chi connectivity index (χ0) is 11.2. The van der Waals surface area contributed by atoms with Crippen molar-refractivity contribution in [1.82, 2.24) is 5.32 Å². The van der Waals surface area contributed by atoms with Crippen LogP contribution >= 0.6 is 0 Å². The molecule has 1 nitrogen and oxygen atoms in total. The fourth-order valence-electron chi connectivity index (χ4n) is 3.48. The molecular formula is C15H29N. The van der Waals surface area contributed by atoms with Gasteiger partial charge >= 0.3 is 0 Å². The molecule has 0 aromatic rings. The van der Waals surface area contributed by atoms with Gasteiger partial charge in [-0.05, 0) is 44.1 Å². The fraction of sp³-hybridized carbons (Fsp3) is 1.00. The molecule has 2 rings (SSSR count). The van der Waals surface area contributed by atoms with E-state index in [1.807, 2.05) is 0 Å². The van der Waals surface area contributed by atoms with E-state index in [0.29, 0.717) is 0 Å². The zero-order valence-corrected chi connectivity index (χ0v) is 11.0. The lowest BCUT2D eigenvalue weighted by Gasteiger charge is -2.17. The molecule has 2 atom stereocenters. The highest BCUT2D eigenvalue weighted by atomic mass is 14.9. The second-order valence-corrected chi connectivity index (χ2v) is 6.20. The van der Waals surface area contributed by atoms with Crippen LogP contribution in [0, 0.1) is 11.8 Å². The Hall–Kier alpha value is -0.0400.